The highest BCUT2D eigenvalue weighted by atomic mass is 35.5. The van der Waals surface area contributed by atoms with Crippen LogP contribution in [0.2, 0.25) is 0 Å². The molecule has 1 aliphatic rings. The summed E-state index contributed by atoms with van der Waals surface area (Å²) in [6.07, 6.45) is 6.97. The summed E-state index contributed by atoms with van der Waals surface area (Å²) in [4.78, 5) is 4.31. The molecule has 1 fully saturated rings. The minimum absolute atomic E-state index is 0.299. The number of aryl methyl sites for hydroxylation is 1. The molecule has 0 amide bonds. The normalized spacial score (nSPS) is 18.6. The van der Waals surface area contributed by atoms with Gasteiger partial charge in [-0.2, -0.15) is 0 Å². The Labute approximate surface area is 102 Å². The highest BCUT2D eigenvalue weighted by Crippen LogP contribution is 2.39. The summed E-state index contributed by atoms with van der Waals surface area (Å²) >= 11 is 6.10. The molecular formula is C13H19ClN2. The summed E-state index contributed by atoms with van der Waals surface area (Å²) in [6, 6.07) is 4.09. The molecule has 1 heterocycles. The maximum Gasteiger partial charge on any atom is 0.126 e. The molecular weight excluding hydrogens is 220 g/mol. The number of hydrogen-bond acceptors (Lipinski definition) is 2. The van der Waals surface area contributed by atoms with Crippen molar-refractivity contribution in [1.82, 2.24) is 4.98 Å². The molecule has 2 rings (SSSR count). The van der Waals surface area contributed by atoms with Crippen molar-refractivity contribution in [2.24, 2.45) is 5.41 Å². The molecule has 0 spiro atoms. The van der Waals surface area contributed by atoms with E-state index in [1.165, 1.54) is 31.2 Å². The van der Waals surface area contributed by atoms with Gasteiger partial charge in [0.1, 0.15) is 5.82 Å². The Hall–Kier alpha value is -0.760. The largest absolute Gasteiger partial charge is 0.369 e. The summed E-state index contributed by atoms with van der Waals surface area (Å²) in [7, 11) is 0. The molecule has 1 aromatic heterocycles. The fraction of sp³-hybridized carbons (Fsp3) is 0.615. The predicted octanol–water partition coefficient (Wildman–Crippen LogP) is 3.60. The van der Waals surface area contributed by atoms with Gasteiger partial charge in [-0.3, -0.25) is 0 Å². The lowest BCUT2D eigenvalue weighted by Crippen LogP contribution is -2.28. The van der Waals surface area contributed by atoms with Crippen LogP contribution in [0.5, 0.6) is 0 Å². The summed E-state index contributed by atoms with van der Waals surface area (Å²) in [5.41, 5.74) is 1.54. The van der Waals surface area contributed by atoms with Gasteiger partial charge < -0.3 is 5.32 Å². The second kappa shape index (κ2) is 5.05. The van der Waals surface area contributed by atoms with Crippen molar-refractivity contribution in [3.05, 3.63) is 23.9 Å². The van der Waals surface area contributed by atoms with Crippen molar-refractivity contribution < 1.29 is 0 Å². The highest BCUT2D eigenvalue weighted by molar-refractivity contribution is 6.18. The van der Waals surface area contributed by atoms with Crippen molar-refractivity contribution in [2.45, 2.75) is 32.6 Å². The number of nitrogens with one attached hydrogen (secondary N) is 1. The maximum absolute atomic E-state index is 6.10. The molecule has 0 aliphatic heterocycles. The van der Waals surface area contributed by atoms with E-state index >= 15 is 0 Å². The van der Waals surface area contributed by atoms with Crippen LogP contribution in [-0.2, 0) is 0 Å². The van der Waals surface area contributed by atoms with Gasteiger partial charge in [-0.15, -0.1) is 11.6 Å². The van der Waals surface area contributed by atoms with Gasteiger partial charge in [0.25, 0.3) is 0 Å². The van der Waals surface area contributed by atoms with E-state index in [4.69, 9.17) is 11.6 Å². The minimum Gasteiger partial charge on any atom is -0.369 e. The predicted molar refractivity (Wildman–Crippen MR) is 69.1 cm³/mol. The van der Waals surface area contributed by atoms with Gasteiger partial charge >= 0.3 is 0 Å². The standard InChI is InChI=1S/C13H19ClN2/c1-11-4-7-15-12(8-11)16-10-13(9-14)5-2-3-6-13/h4,7-8H,2-3,5-6,9-10H2,1H3,(H,15,16). The lowest BCUT2D eigenvalue weighted by molar-refractivity contribution is 0.368. The second-order valence-corrected chi connectivity index (χ2v) is 5.18. The summed E-state index contributed by atoms with van der Waals surface area (Å²) in [6.45, 7) is 3.03. The number of anilines is 1. The number of rotatable bonds is 4. The quantitative estimate of drug-likeness (QED) is 0.811. The molecule has 0 aromatic carbocycles. The second-order valence-electron chi connectivity index (χ2n) is 4.91. The molecule has 1 aliphatic carbocycles. The Kier molecular flexibility index (Phi) is 3.70. The number of hydrogen-bond donors (Lipinski definition) is 1. The Bertz CT molecular complexity index is 346. The SMILES string of the molecule is Cc1ccnc(NCC2(CCl)CCCC2)c1. The maximum atomic E-state index is 6.10. The molecule has 88 valence electrons. The summed E-state index contributed by atoms with van der Waals surface area (Å²) in [5, 5.41) is 3.42. The molecule has 0 atom stereocenters. The smallest absolute Gasteiger partial charge is 0.126 e. The van der Waals surface area contributed by atoms with Crippen molar-refractivity contribution in [3.8, 4) is 0 Å². The van der Waals surface area contributed by atoms with Crippen LogP contribution in [0.1, 0.15) is 31.2 Å². The molecule has 3 heteroatoms. The number of nitrogens with zero attached hydrogens (tertiary/aromatic N) is 1. The van der Waals surface area contributed by atoms with E-state index in [2.05, 4.69) is 23.3 Å². The van der Waals surface area contributed by atoms with E-state index in [0.29, 0.717) is 5.41 Å². The zero-order chi connectivity index (χ0) is 11.4. The highest BCUT2D eigenvalue weighted by Gasteiger charge is 2.32. The Morgan fingerprint density at radius 2 is 2.19 bits per heavy atom. The van der Waals surface area contributed by atoms with Crippen molar-refractivity contribution in [1.29, 1.82) is 0 Å². The fourth-order valence-corrected chi connectivity index (χ4v) is 2.76. The fourth-order valence-electron chi connectivity index (χ4n) is 2.39. The van der Waals surface area contributed by atoms with Crippen LogP contribution in [0, 0.1) is 12.3 Å². The lowest BCUT2D eigenvalue weighted by Gasteiger charge is -2.26. The lowest BCUT2D eigenvalue weighted by atomic mass is 9.88. The number of pyridine rings is 1. The molecule has 0 unspecified atom stereocenters. The van der Waals surface area contributed by atoms with Crippen molar-refractivity contribution in [3.63, 3.8) is 0 Å². The first-order valence-electron chi connectivity index (χ1n) is 5.97. The molecule has 2 nitrogen and oxygen atoms in total. The van der Waals surface area contributed by atoms with Crippen LogP contribution in [0.4, 0.5) is 5.82 Å². The Morgan fingerprint density at radius 1 is 1.44 bits per heavy atom. The zero-order valence-electron chi connectivity index (χ0n) is 9.80. The van der Waals surface area contributed by atoms with Gasteiger partial charge in [0.05, 0.1) is 0 Å². The number of halogens is 1. The van der Waals surface area contributed by atoms with Gasteiger partial charge in [0.15, 0.2) is 0 Å². The average Bonchev–Trinajstić information content (AvgIpc) is 2.76. The van der Waals surface area contributed by atoms with E-state index in [1.807, 2.05) is 12.3 Å². The monoisotopic (exact) mass is 238 g/mol. The molecule has 1 N–H and O–H groups in total. The van der Waals surface area contributed by atoms with E-state index in [1.54, 1.807) is 0 Å². The van der Waals surface area contributed by atoms with E-state index in [9.17, 15) is 0 Å². The van der Waals surface area contributed by atoms with Crippen molar-refractivity contribution in [2.75, 3.05) is 17.7 Å². The number of aromatic nitrogens is 1. The third kappa shape index (κ3) is 2.67. The Morgan fingerprint density at radius 3 is 2.81 bits per heavy atom. The molecule has 0 radical (unpaired) electrons. The van der Waals surface area contributed by atoms with Gasteiger partial charge in [0.2, 0.25) is 0 Å². The van der Waals surface area contributed by atoms with Crippen LogP contribution in [0.25, 0.3) is 0 Å². The van der Waals surface area contributed by atoms with Gasteiger partial charge in [-0.25, -0.2) is 4.98 Å². The van der Waals surface area contributed by atoms with Crippen LogP contribution >= 0.6 is 11.6 Å². The van der Waals surface area contributed by atoms with E-state index in [-0.39, 0.29) is 0 Å². The third-order valence-electron chi connectivity index (χ3n) is 3.51. The van der Waals surface area contributed by atoms with Gasteiger partial charge in [-0.05, 0) is 37.5 Å². The minimum atomic E-state index is 0.299. The molecule has 1 saturated carbocycles. The van der Waals surface area contributed by atoms with Crippen molar-refractivity contribution >= 4 is 17.4 Å². The van der Waals surface area contributed by atoms with E-state index in [0.717, 1.165) is 18.2 Å². The van der Waals surface area contributed by atoms with Crippen LogP contribution in [-0.4, -0.2) is 17.4 Å². The summed E-state index contributed by atoms with van der Waals surface area (Å²) in [5.74, 6) is 1.72. The molecule has 1 aromatic rings. The van der Waals surface area contributed by atoms with E-state index < -0.39 is 0 Å². The molecule has 0 saturated heterocycles. The summed E-state index contributed by atoms with van der Waals surface area (Å²) < 4.78 is 0. The zero-order valence-corrected chi connectivity index (χ0v) is 10.6. The first kappa shape index (κ1) is 11.7. The first-order chi connectivity index (χ1) is 7.74. The molecule has 16 heavy (non-hydrogen) atoms. The van der Waals surface area contributed by atoms with Gasteiger partial charge in [0, 0.05) is 24.0 Å². The van der Waals surface area contributed by atoms with Gasteiger partial charge in [-0.1, -0.05) is 12.8 Å². The third-order valence-corrected chi connectivity index (χ3v) is 4.07. The molecule has 0 bridgehead atoms. The first-order valence-corrected chi connectivity index (χ1v) is 6.50. The average molecular weight is 239 g/mol. The van der Waals surface area contributed by atoms with Crippen LogP contribution < -0.4 is 5.32 Å². The Balaban J connectivity index is 1.95. The number of alkyl halides is 1. The topological polar surface area (TPSA) is 24.9 Å². The van der Waals surface area contributed by atoms with Crippen LogP contribution in [0.3, 0.4) is 0 Å². The van der Waals surface area contributed by atoms with Crippen LogP contribution in [0.15, 0.2) is 18.3 Å².